The van der Waals surface area contributed by atoms with Crippen LogP contribution in [-0.2, 0) is 13.0 Å². The molecule has 104 valence electrons. The lowest BCUT2D eigenvalue weighted by molar-refractivity contribution is 0.102. The Balaban J connectivity index is 1.80. The van der Waals surface area contributed by atoms with Crippen LogP contribution in [0.25, 0.3) is 0 Å². The highest BCUT2D eigenvalue weighted by molar-refractivity contribution is 7.98. The largest absolute Gasteiger partial charge is 0.321 e. The van der Waals surface area contributed by atoms with Crippen LogP contribution in [-0.4, -0.2) is 28.9 Å². The van der Waals surface area contributed by atoms with Gasteiger partial charge < -0.3 is 10.6 Å². The van der Waals surface area contributed by atoms with E-state index in [1.165, 1.54) is 0 Å². The van der Waals surface area contributed by atoms with Gasteiger partial charge in [-0.3, -0.25) is 9.89 Å². The van der Waals surface area contributed by atoms with Gasteiger partial charge in [-0.25, -0.2) is 0 Å². The Morgan fingerprint density at radius 3 is 3.20 bits per heavy atom. The molecule has 0 spiro atoms. The van der Waals surface area contributed by atoms with Crippen molar-refractivity contribution in [1.82, 2.24) is 15.5 Å². The summed E-state index contributed by atoms with van der Waals surface area (Å²) in [4.78, 5) is 13.4. The maximum atomic E-state index is 12.3. The van der Waals surface area contributed by atoms with Crippen LogP contribution in [0.5, 0.6) is 0 Å². The number of fused-ring (bicyclic) bond motifs is 1. The van der Waals surface area contributed by atoms with Crippen LogP contribution in [0.2, 0.25) is 0 Å². The second kappa shape index (κ2) is 5.68. The van der Waals surface area contributed by atoms with Crippen molar-refractivity contribution in [3.05, 3.63) is 41.2 Å². The fourth-order valence-electron chi connectivity index (χ4n) is 2.30. The van der Waals surface area contributed by atoms with Gasteiger partial charge in [-0.15, -0.1) is 11.8 Å². The monoisotopic (exact) mass is 288 g/mol. The van der Waals surface area contributed by atoms with Crippen molar-refractivity contribution in [1.29, 1.82) is 0 Å². The minimum Gasteiger partial charge on any atom is -0.321 e. The zero-order chi connectivity index (χ0) is 13.9. The number of nitrogens with one attached hydrogen (secondary N) is 3. The Labute approximate surface area is 121 Å². The van der Waals surface area contributed by atoms with Crippen LogP contribution in [0.3, 0.4) is 0 Å². The average molecular weight is 288 g/mol. The normalized spacial score (nSPS) is 13.8. The molecule has 6 heteroatoms. The summed E-state index contributed by atoms with van der Waals surface area (Å²) in [6, 6.07) is 7.79. The van der Waals surface area contributed by atoms with Gasteiger partial charge in [0.1, 0.15) is 0 Å². The van der Waals surface area contributed by atoms with E-state index in [9.17, 15) is 4.79 Å². The van der Waals surface area contributed by atoms with Gasteiger partial charge in [0.05, 0.1) is 0 Å². The van der Waals surface area contributed by atoms with E-state index in [0.29, 0.717) is 12.2 Å². The molecular formula is C14H16N4OS. The fourth-order valence-corrected chi connectivity index (χ4v) is 2.76. The number of carbonyl (C=O) groups excluding carboxylic acids is 1. The molecule has 1 aliphatic rings. The summed E-state index contributed by atoms with van der Waals surface area (Å²) >= 11 is 1.65. The molecule has 3 N–H and O–H groups in total. The number of rotatable bonds is 3. The zero-order valence-corrected chi connectivity index (χ0v) is 12.0. The van der Waals surface area contributed by atoms with Crippen LogP contribution in [0.15, 0.2) is 29.2 Å². The topological polar surface area (TPSA) is 69.8 Å². The molecule has 0 aliphatic carbocycles. The molecule has 1 amide bonds. The number of thioether (sulfide) groups is 1. The van der Waals surface area contributed by atoms with E-state index in [2.05, 4.69) is 20.8 Å². The standard InChI is InChI=1S/C14H16N4OS/c1-20-10-4-2-3-9(7-10)16-14(19)13-11-8-15-6-5-12(11)17-18-13/h2-4,7,15H,5-6,8H2,1H3,(H,16,19)(H,17,18). The molecule has 0 saturated carbocycles. The van der Waals surface area contributed by atoms with E-state index >= 15 is 0 Å². The zero-order valence-electron chi connectivity index (χ0n) is 11.2. The van der Waals surface area contributed by atoms with Gasteiger partial charge in [0.2, 0.25) is 0 Å². The Hall–Kier alpha value is -1.79. The van der Waals surface area contributed by atoms with Crippen LogP contribution in [0.1, 0.15) is 21.7 Å². The van der Waals surface area contributed by atoms with Crippen molar-refractivity contribution in [3.8, 4) is 0 Å². The van der Waals surface area contributed by atoms with E-state index in [1.807, 2.05) is 30.5 Å². The number of hydrogen-bond donors (Lipinski definition) is 3. The van der Waals surface area contributed by atoms with Gasteiger partial charge in [0.25, 0.3) is 5.91 Å². The third kappa shape index (κ3) is 2.57. The van der Waals surface area contributed by atoms with E-state index < -0.39 is 0 Å². The van der Waals surface area contributed by atoms with Crippen molar-refractivity contribution < 1.29 is 4.79 Å². The molecule has 2 heterocycles. The van der Waals surface area contributed by atoms with E-state index in [0.717, 1.165) is 34.8 Å². The lowest BCUT2D eigenvalue weighted by Crippen LogP contribution is -2.25. The molecule has 3 rings (SSSR count). The van der Waals surface area contributed by atoms with Gasteiger partial charge in [0, 0.05) is 41.4 Å². The molecule has 0 fully saturated rings. The Kier molecular flexibility index (Phi) is 3.75. The first-order valence-electron chi connectivity index (χ1n) is 6.50. The molecule has 1 aromatic carbocycles. The smallest absolute Gasteiger partial charge is 0.276 e. The number of anilines is 1. The van der Waals surface area contributed by atoms with E-state index in [1.54, 1.807) is 11.8 Å². The molecule has 2 aromatic rings. The third-order valence-electron chi connectivity index (χ3n) is 3.35. The Morgan fingerprint density at radius 1 is 1.45 bits per heavy atom. The molecule has 20 heavy (non-hydrogen) atoms. The number of aromatic nitrogens is 2. The molecule has 1 aliphatic heterocycles. The second-order valence-electron chi connectivity index (χ2n) is 4.64. The van der Waals surface area contributed by atoms with Crippen molar-refractivity contribution in [2.45, 2.75) is 17.9 Å². The van der Waals surface area contributed by atoms with E-state index in [4.69, 9.17) is 0 Å². The number of hydrogen-bond acceptors (Lipinski definition) is 4. The number of amides is 1. The van der Waals surface area contributed by atoms with Gasteiger partial charge in [-0.05, 0) is 24.5 Å². The number of aromatic amines is 1. The lowest BCUT2D eigenvalue weighted by atomic mass is 10.1. The summed E-state index contributed by atoms with van der Waals surface area (Å²) in [5.41, 5.74) is 3.32. The van der Waals surface area contributed by atoms with Crippen molar-refractivity contribution in [3.63, 3.8) is 0 Å². The summed E-state index contributed by atoms with van der Waals surface area (Å²) in [5, 5.41) is 13.3. The summed E-state index contributed by atoms with van der Waals surface area (Å²) in [5.74, 6) is -0.163. The van der Waals surface area contributed by atoms with Gasteiger partial charge in [-0.1, -0.05) is 6.07 Å². The van der Waals surface area contributed by atoms with Gasteiger partial charge in [-0.2, -0.15) is 5.10 Å². The predicted octanol–water partition coefficient (Wildman–Crippen LogP) is 2.03. The SMILES string of the molecule is CSc1cccc(NC(=O)c2n[nH]c3c2CNCC3)c1. The first-order valence-corrected chi connectivity index (χ1v) is 7.72. The van der Waals surface area contributed by atoms with Crippen LogP contribution >= 0.6 is 11.8 Å². The molecule has 0 radical (unpaired) electrons. The van der Waals surface area contributed by atoms with Crippen LogP contribution in [0.4, 0.5) is 5.69 Å². The molecule has 0 unspecified atom stereocenters. The first-order chi connectivity index (χ1) is 9.78. The van der Waals surface area contributed by atoms with E-state index in [-0.39, 0.29) is 5.91 Å². The molecule has 1 aromatic heterocycles. The maximum Gasteiger partial charge on any atom is 0.276 e. The average Bonchev–Trinajstić information content (AvgIpc) is 2.91. The first kappa shape index (κ1) is 13.2. The minimum atomic E-state index is -0.163. The Morgan fingerprint density at radius 2 is 2.35 bits per heavy atom. The number of nitrogens with zero attached hydrogens (tertiary/aromatic N) is 1. The van der Waals surface area contributed by atoms with Gasteiger partial charge in [0.15, 0.2) is 5.69 Å². The van der Waals surface area contributed by atoms with Crippen LogP contribution < -0.4 is 10.6 Å². The van der Waals surface area contributed by atoms with Crippen molar-refractivity contribution in [2.75, 3.05) is 18.1 Å². The van der Waals surface area contributed by atoms with Gasteiger partial charge >= 0.3 is 0 Å². The third-order valence-corrected chi connectivity index (χ3v) is 4.07. The number of H-pyrrole nitrogens is 1. The lowest BCUT2D eigenvalue weighted by Gasteiger charge is -2.13. The van der Waals surface area contributed by atoms with Crippen molar-refractivity contribution >= 4 is 23.4 Å². The number of carbonyl (C=O) groups is 1. The quantitative estimate of drug-likeness (QED) is 0.756. The Bertz CT molecular complexity index is 638. The summed E-state index contributed by atoms with van der Waals surface area (Å²) in [6.45, 7) is 1.62. The summed E-state index contributed by atoms with van der Waals surface area (Å²) < 4.78 is 0. The van der Waals surface area contributed by atoms with Crippen LogP contribution in [0, 0.1) is 0 Å². The summed E-state index contributed by atoms with van der Waals surface area (Å²) in [7, 11) is 0. The fraction of sp³-hybridized carbons (Fsp3) is 0.286. The molecule has 0 saturated heterocycles. The second-order valence-corrected chi connectivity index (χ2v) is 5.52. The number of benzene rings is 1. The maximum absolute atomic E-state index is 12.3. The molecule has 0 atom stereocenters. The minimum absolute atomic E-state index is 0.163. The molecular weight excluding hydrogens is 272 g/mol. The predicted molar refractivity (Wildman–Crippen MR) is 80.2 cm³/mol. The highest BCUT2D eigenvalue weighted by Gasteiger charge is 2.21. The molecule has 5 nitrogen and oxygen atoms in total. The highest BCUT2D eigenvalue weighted by Crippen LogP contribution is 2.21. The highest BCUT2D eigenvalue weighted by atomic mass is 32.2. The summed E-state index contributed by atoms with van der Waals surface area (Å²) in [6.07, 6.45) is 2.90. The van der Waals surface area contributed by atoms with Crippen molar-refractivity contribution in [2.24, 2.45) is 0 Å². The molecule has 0 bridgehead atoms.